The first kappa shape index (κ1) is 27.8. The Balaban J connectivity index is 1.66. The molecule has 0 aromatic heterocycles. The van der Waals surface area contributed by atoms with Crippen LogP contribution in [0.15, 0.2) is 102 Å². The Morgan fingerprint density at radius 1 is 0.450 bits per heavy atom. The topological polar surface area (TPSA) is 6.48 Å². The Bertz CT molecular complexity index is 1480. The fourth-order valence-corrected chi connectivity index (χ4v) is 6.09. The first-order valence-electron chi connectivity index (χ1n) is 13.6. The SMILES string of the molecule is [B]c1ccc(N(c2ccc(N(c3ccc(Br)cc3)c3c(C)cc(C)cc3C)cc2)c2c(C)cc(C)cc2C)cc1. The zero-order valence-corrected chi connectivity index (χ0v) is 25.7. The van der Waals surface area contributed by atoms with E-state index >= 15 is 0 Å². The third-order valence-electron chi connectivity index (χ3n) is 7.32. The average molecular weight is 585 g/mol. The van der Waals surface area contributed by atoms with Gasteiger partial charge in [0, 0.05) is 27.2 Å². The molecule has 0 aliphatic heterocycles. The molecule has 2 nitrogen and oxygen atoms in total. The number of anilines is 6. The minimum atomic E-state index is 0.755. The molecule has 5 rings (SSSR count). The van der Waals surface area contributed by atoms with Gasteiger partial charge in [-0.2, -0.15) is 0 Å². The first-order valence-corrected chi connectivity index (χ1v) is 14.4. The van der Waals surface area contributed by atoms with Gasteiger partial charge in [0.2, 0.25) is 0 Å². The Hall–Kier alpha value is -3.76. The largest absolute Gasteiger partial charge is 0.310 e. The lowest BCUT2D eigenvalue weighted by molar-refractivity contribution is 1.19. The van der Waals surface area contributed by atoms with E-state index < -0.39 is 0 Å². The van der Waals surface area contributed by atoms with Crippen molar-refractivity contribution in [3.8, 4) is 0 Å². The van der Waals surface area contributed by atoms with Gasteiger partial charge in [-0.05, 0) is 124 Å². The Morgan fingerprint density at radius 3 is 1.05 bits per heavy atom. The van der Waals surface area contributed by atoms with Crippen LogP contribution >= 0.6 is 15.9 Å². The predicted molar refractivity (Wildman–Crippen MR) is 177 cm³/mol. The summed E-state index contributed by atoms with van der Waals surface area (Å²) < 4.78 is 1.06. The molecule has 0 spiro atoms. The van der Waals surface area contributed by atoms with Gasteiger partial charge in [-0.25, -0.2) is 0 Å². The van der Waals surface area contributed by atoms with Gasteiger partial charge in [-0.1, -0.05) is 68.9 Å². The third-order valence-corrected chi connectivity index (χ3v) is 7.85. The molecule has 0 saturated carbocycles. The maximum absolute atomic E-state index is 6.06. The van der Waals surface area contributed by atoms with E-state index in [-0.39, 0.29) is 0 Å². The molecule has 0 amide bonds. The fraction of sp³-hybridized carbons (Fsp3) is 0.167. The summed E-state index contributed by atoms with van der Waals surface area (Å²) in [6, 6.07) is 34.5. The molecule has 0 fully saturated rings. The van der Waals surface area contributed by atoms with Crippen molar-refractivity contribution in [2.45, 2.75) is 41.5 Å². The van der Waals surface area contributed by atoms with Gasteiger partial charge in [0.25, 0.3) is 0 Å². The van der Waals surface area contributed by atoms with Crippen LogP contribution in [0.25, 0.3) is 0 Å². The van der Waals surface area contributed by atoms with Crippen LogP contribution in [0.1, 0.15) is 33.4 Å². The highest BCUT2D eigenvalue weighted by molar-refractivity contribution is 9.10. The van der Waals surface area contributed by atoms with E-state index in [1.54, 1.807) is 0 Å². The summed E-state index contributed by atoms with van der Waals surface area (Å²) in [6.07, 6.45) is 0. The molecular weight excluding hydrogens is 551 g/mol. The van der Waals surface area contributed by atoms with Crippen molar-refractivity contribution < 1.29 is 0 Å². The monoisotopic (exact) mass is 584 g/mol. The van der Waals surface area contributed by atoms with Crippen molar-refractivity contribution in [1.29, 1.82) is 0 Å². The number of nitrogens with zero attached hydrogens (tertiary/aromatic N) is 2. The van der Waals surface area contributed by atoms with Gasteiger partial charge in [0.1, 0.15) is 7.85 Å². The Morgan fingerprint density at radius 2 is 0.725 bits per heavy atom. The van der Waals surface area contributed by atoms with Gasteiger partial charge < -0.3 is 9.80 Å². The van der Waals surface area contributed by atoms with E-state index in [4.69, 9.17) is 7.85 Å². The van der Waals surface area contributed by atoms with Crippen molar-refractivity contribution in [1.82, 2.24) is 0 Å². The molecule has 4 heteroatoms. The highest BCUT2D eigenvalue weighted by Gasteiger charge is 2.20. The summed E-state index contributed by atoms with van der Waals surface area (Å²) in [5.41, 5.74) is 15.1. The van der Waals surface area contributed by atoms with Crippen LogP contribution in [0.5, 0.6) is 0 Å². The predicted octanol–water partition coefficient (Wildman–Crippen LogP) is 10.0. The highest BCUT2D eigenvalue weighted by Crippen LogP contribution is 2.43. The number of rotatable bonds is 6. The highest BCUT2D eigenvalue weighted by atomic mass is 79.9. The molecule has 0 heterocycles. The average Bonchev–Trinajstić information content (AvgIpc) is 2.90. The second kappa shape index (κ2) is 11.4. The summed E-state index contributed by atoms with van der Waals surface area (Å²) in [6.45, 7) is 13.1. The van der Waals surface area contributed by atoms with E-state index in [0.717, 1.165) is 32.7 Å². The molecule has 0 unspecified atom stereocenters. The maximum Gasteiger partial charge on any atom is 0.113 e. The standard InChI is InChI=1S/C36H34BBrN2/c1-23-19-25(3)35(26(4)20-23)39(31-11-7-29(37)8-12-31)33-15-17-34(18-16-33)40(32-13-9-30(38)10-14-32)36-27(5)21-24(2)22-28(36)6/h7-22H,1-6H3. The van der Waals surface area contributed by atoms with Gasteiger partial charge in [-0.15, -0.1) is 0 Å². The second-order valence-corrected chi connectivity index (χ2v) is 11.7. The zero-order chi connectivity index (χ0) is 28.6. The van der Waals surface area contributed by atoms with Crippen molar-refractivity contribution in [3.05, 3.63) is 135 Å². The van der Waals surface area contributed by atoms with Crippen LogP contribution in [0.4, 0.5) is 34.1 Å². The van der Waals surface area contributed by atoms with E-state index in [2.05, 4.69) is 152 Å². The number of halogens is 1. The molecule has 198 valence electrons. The van der Waals surface area contributed by atoms with Crippen molar-refractivity contribution in [2.75, 3.05) is 9.80 Å². The summed E-state index contributed by atoms with van der Waals surface area (Å²) in [7, 11) is 6.06. The van der Waals surface area contributed by atoms with Gasteiger partial charge in [-0.3, -0.25) is 0 Å². The molecule has 2 radical (unpaired) electrons. The van der Waals surface area contributed by atoms with Crippen LogP contribution in [0.3, 0.4) is 0 Å². The lowest BCUT2D eigenvalue weighted by Crippen LogP contribution is -2.15. The minimum absolute atomic E-state index is 0.755. The van der Waals surface area contributed by atoms with Crippen LogP contribution in [-0.4, -0.2) is 7.85 Å². The lowest BCUT2D eigenvalue weighted by atomic mass is 9.95. The molecule has 40 heavy (non-hydrogen) atoms. The minimum Gasteiger partial charge on any atom is -0.310 e. The molecule has 0 aliphatic carbocycles. The normalized spacial score (nSPS) is 11.0. The summed E-state index contributed by atoms with van der Waals surface area (Å²) >= 11 is 3.60. The maximum atomic E-state index is 6.06. The summed E-state index contributed by atoms with van der Waals surface area (Å²) in [4.78, 5) is 4.69. The van der Waals surface area contributed by atoms with Gasteiger partial charge in [0.05, 0.1) is 11.4 Å². The van der Waals surface area contributed by atoms with Gasteiger partial charge >= 0.3 is 0 Å². The first-order chi connectivity index (χ1) is 19.1. The van der Waals surface area contributed by atoms with Crippen LogP contribution < -0.4 is 15.3 Å². The van der Waals surface area contributed by atoms with Crippen LogP contribution in [0, 0.1) is 41.5 Å². The summed E-state index contributed by atoms with van der Waals surface area (Å²) in [5.74, 6) is 0. The van der Waals surface area contributed by atoms with E-state index in [0.29, 0.717) is 0 Å². The quantitative estimate of drug-likeness (QED) is 0.183. The molecular formula is C36H34BBrN2. The van der Waals surface area contributed by atoms with Crippen molar-refractivity contribution in [2.24, 2.45) is 0 Å². The number of hydrogen-bond donors (Lipinski definition) is 0. The molecule has 5 aromatic rings. The molecule has 0 atom stereocenters. The molecule has 5 aromatic carbocycles. The Labute approximate surface area is 248 Å². The van der Waals surface area contributed by atoms with E-state index in [1.165, 1.54) is 44.8 Å². The molecule has 0 aliphatic rings. The Kier molecular flexibility index (Phi) is 7.91. The van der Waals surface area contributed by atoms with Crippen LogP contribution in [-0.2, 0) is 0 Å². The van der Waals surface area contributed by atoms with E-state index in [1.807, 2.05) is 12.1 Å². The lowest BCUT2D eigenvalue weighted by Gasteiger charge is -2.31. The number of aryl methyl sites for hydroxylation is 6. The van der Waals surface area contributed by atoms with Crippen LogP contribution in [0.2, 0.25) is 0 Å². The molecule has 0 bridgehead atoms. The fourth-order valence-electron chi connectivity index (χ4n) is 5.83. The molecule has 0 saturated heterocycles. The molecule has 0 N–H and O–H groups in total. The van der Waals surface area contributed by atoms with Crippen molar-refractivity contribution in [3.63, 3.8) is 0 Å². The smallest absolute Gasteiger partial charge is 0.113 e. The zero-order valence-electron chi connectivity index (χ0n) is 24.1. The second-order valence-electron chi connectivity index (χ2n) is 10.7. The third kappa shape index (κ3) is 5.60. The van der Waals surface area contributed by atoms with E-state index in [9.17, 15) is 0 Å². The van der Waals surface area contributed by atoms with Gasteiger partial charge in [0.15, 0.2) is 0 Å². The number of hydrogen-bond acceptors (Lipinski definition) is 2. The number of benzene rings is 5. The summed E-state index contributed by atoms with van der Waals surface area (Å²) in [5, 5.41) is 0. The van der Waals surface area contributed by atoms with Crippen molar-refractivity contribution >= 4 is 63.4 Å².